The summed E-state index contributed by atoms with van der Waals surface area (Å²) in [6, 6.07) is -0.347. The second-order valence-electron chi connectivity index (χ2n) is 8.22. The van der Waals surface area contributed by atoms with Gasteiger partial charge in [0.05, 0.1) is 31.8 Å². The Labute approximate surface area is 167 Å². The molecule has 2 atom stereocenters. The third-order valence-corrected chi connectivity index (χ3v) is 5.70. The van der Waals surface area contributed by atoms with Crippen LogP contribution in [0, 0.1) is 11.8 Å². The first-order chi connectivity index (χ1) is 13.8. The summed E-state index contributed by atoms with van der Waals surface area (Å²) >= 11 is 0. The number of rotatable bonds is 7. The van der Waals surface area contributed by atoms with Gasteiger partial charge >= 0.3 is 0 Å². The predicted molar refractivity (Wildman–Crippen MR) is 99.8 cm³/mol. The minimum atomic E-state index is -2.75. The normalized spacial score (nSPS) is 25.8. The number of carbonyl (C=O) groups is 2. The van der Waals surface area contributed by atoms with Crippen LogP contribution in [0.25, 0.3) is 0 Å². The molecule has 0 unspecified atom stereocenters. The van der Waals surface area contributed by atoms with Gasteiger partial charge < -0.3 is 20.7 Å². The lowest BCUT2D eigenvalue weighted by atomic mass is 9.84. The van der Waals surface area contributed by atoms with E-state index in [0.717, 1.165) is 25.7 Å². The number of anilines is 1. The van der Waals surface area contributed by atoms with E-state index in [1.165, 1.54) is 11.1 Å². The van der Waals surface area contributed by atoms with Crippen molar-refractivity contribution < 1.29 is 23.1 Å². The van der Waals surface area contributed by atoms with Gasteiger partial charge in [0, 0.05) is 6.04 Å². The van der Waals surface area contributed by atoms with Crippen LogP contribution in [0.3, 0.4) is 0 Å². The Morgan fingerprint density at radius 3 is 2.62 bits per heavy atom. The highest BCUT2D eigenvalue weighted by Gasteiger charge is 2.46. The smallest absolute Gasteiger partial charge is 0.282 e. The second-order valence-corrected chi connectivity index (χ2v) is 8.22. The molecule has 0 radical (unpaired) electrons. The highest BCUT2D eigenvalue weighted by atomic mass is 19.3. The van der Waals surface area contributed by atoms with Gasteiger partial charge in [-0.05, 0) is 31.6 Å². The summed E-state index contributed by atoms with van der Waals surface area (Å²) < 4.78 is 32.2. The number of halogens is 2. The SMILES string of the molecule is NC(=O)[C@@H]1CCCC[C@@H]1NC(=O)c1cnc(N2CC(F)(F)C2)c(OCC2CC2)n1. The van der Waals surface area contributed by atoms with Crippen LogP contribution < -0.4 is 20.7 Å². The number of nitrogens with one attached hydrogen (secondary N) is 1. The van der Waals surface area contributed by atoms with E-state index in [1.54, 1.807) is 0 Å². The second kappa shape index (κ2) is 7.72. The lowest BCUT2D eigenvalue weighted by Crippen LogP contribution is -2.56. The maximum Gasteiger partial charge on any atom is 0.282 e. The number of nitrogens with zero attached hydrogens (tertiary/aromatic N) is 3. The number of nitrogens with two attached hydrogens (primary N) is 1. The average Bonchev–Trinajstić information content (AvgIpc) is 3.49. The fourth-order valence-corrected chi connectivity index (χ4v) is 3.82. The number of carbonyl (C=O) groups excluding carboxylic acids is 2. The Morgan fingerprint density at radius 2 is 1.97 bits per heavy atom. The summed E-state index contributed by atoms with van der Waals surface area (Å²) in [5, 5.41) is 2.83. The van der Waals surface area contributed by atoms with Crippen molar-refractivity contribution in [1.29, 1.82) is 0 Å². The van der Waals surface area contributed by atoms with E-state index in [2.05, 4.69) is 15.3 Å². The topological polar surface area (TPSA) is 110 Å². The van der Waals surface area contributed by atoms with E-state index < -0.39 is 36.7 Å². The Morgan fingerprint density at radius 1 is 1.24 bits per heavy atom. The van der Waals surface area contributed by atoms with Crippen molar-refractivity contribution in [2.24, 2.45) is 17.6 Å². The maximum atomic E-state index is 13.3. The molecule has 0 aromatic carbocycles. The van der Waals surface area contributed by atoms with Crippen LogP contribution in [0.5, 0.6) is 5.88 Å². The quantitative estimate of drug-likeness (QED) is 0.706. The first kappa shape index (κ1) is 19.8. The van der Waals surface area contributed by atoms with Gasteiger partial charge in [0.2, 0.25) is 5.91 Å². The van der Waals surface area contributed by atoms with Crippen LogP contribution in [-0.4, -0.2) is 53.4 Å². The molecule has 10 heteroatoms. The Hall–Kier alpha value is -2.52. The van der Waals surface area contributed by atoms with E-state index in [0.29, 0.717) is 25.4 Å². The summed E-state index contributed by atoms with van der Waals surface area (Å²) in [7, 11) is 0. The van der Waals surface area contributed by atoms with Gasteiger partial charge in [-0.1, -0.05) is 12.8 Å². The van der Waals surface area contributed by atoms with Crippen molar-refractivity contribution in [1.82, 2.24) is 15.3 Å². The van der Waals surface area contributed by atoms with Crippen molar-refractivity contribution in [3.05, 3.63) is 11.9 Å². The average molecular weight is 409 g/mol. The number of alkyl halides is 2. The Kier molecular flexibility index (Phi) is 5.26. The molecule has 158 valence electrons. The minimum absolute atomic E-state index is 0.0284. The molecule has 2 amide bonds. The third-order valence-electron chi connectivity index (χ3n) is 5.70. The van der Waals surface area contributed by atoms with E-state index >= 15 is 0 Å². The van der Waals surface area contributed by atoms with Crippen LogP contribution in [0.4, 0.5) is 14.6 Å². The number of primary amides is 1. The summed E-state index contributed by atoms with van der Waals surface area (Å²) in [6.07, 6.45) is 6.48. The predicted octanol–water partition coefficient (Wildman–Crippen LogP) is 1.49. The number of ether oxygens (including phenoxy) is 1. The highest BCUT2D eigenvalue weighted by Crippen LogP contribution is 2.36. The molecule has 0 bridgehead atoms. The number of amides is 2. The number of aromatic nitrogens is 2. The van der Waals surface area contributed by atoms with Crippen LogP contribution in [0.15, 0.2) is 6.20 Å². The molecule has 1 aromatic heterocycles. The van der Waals surface area contributed by atoms with Gasteiger partial charge in [-0.25, -0.2) is 18.7 Å². The monoisotopic (exact) mass is 409 g/mol. The molecule has 2 saturated carbocycles. The molecule has 1 saturated heterocycles. The molecule has 3 aliphatic rings. The fraction of sp³-hybridized carbons (Fsp3) is 0.684. The molecular weight excluding hydrogens is 384 g/mol. The molecule has 2 aliphatic carbocycles. The van der Waals surface area contributed by atoms with Gasteiger partial charge in [0.1, 0.15) is 0 Å². The Bertz CT molecular complexity index is 794. The van der Waals surface area contributed by atoms with E-state index in [9.17, 15) is 18.4 Å². The van der Waals surface area contributed by atoms with Crippen molar-refractivity contribution in [3.63, 3.8) is 0 Å². The van der Waals surface area contributed by atoms with Gasteiger partial charge in [-0.15, -0.1) is 0 Å². The minimum Gasteiger partial charge on any atom is -0.475 e. The summed E-state index contributed by atoms with van der Waals surface area (Å²) in [6.45, 7) is -0.478. The maximum absolute atomic E-state index is 13.3. The van der Waals surface area contributed by atoms with Crippen molar-refractivity contribution in [2.45, 2.75) is 50.5 Å². The molecule has 29 heavy (non-hydrogen) atoms. The largest absolute Gasteiger partial charge is 0.475 e. The molecule has 0 spiro atoms. The molecule has 1 aliphatic heterocycles. The molecular formula is C19H25F2N5O3. The lowest BCUT2D eigenvalue weighted by Gasteiger charge is -2.39. The van der Waals surface area contributed by atoms with E-state index in [-0.39, 0.29) is 23.4 Å². The zero-order chi connectivity index (χ0) is 20.6. The van der Waals surface area contributed by atoms with Gasteiger partial charge in [-0.3, -0.25) is 9.59 Å². The van der Waals surface area contributed by atoms with Crippen LogP contribution >= 0.6 is 0 Å². The molecule has 2 heterocycles. The zero-order valence-corrected chi connectivity index (χ0v) is 16.1. The van der Waals surface area contributed by atoms with Crippen molar-refractivity contribution >= 4 is 17.6 Å². The Balaban J connectivity index is 1.49. The molecule has 1 aromatic rings. The molecule has 3 fully saturated rings. The third kappa shape index (κ3) is 4.56. The highest BCUT2D eigenvalue weighted by molar-refractivity contribution is 5.93. The molecule has 4 rings (SSSR count). The summed E-state index contributed by atoms with van der Waals surface area (Å²) in [5.74, 6) is -3.32. The van der Waals surface area contributed by atoms with E-state index in [1.807, 2.05) is 0 Å². The van der Waals surface area contributed by atoms with Gasteiger partial charge in [0.25, 0.3) is 17.7 Å². The van der Waals surface area contributed by atoms with Crippen LogP contribution in [0.2, 0.25) is 0 Å². The lowest BCUT2D eigenvalue weighted by molar-refractivity contribution is -0.123. The zero-order valence-electron chi connectivity index (χ0n) is 16.1. The van der Waals surface area contributed by atoms with Crippen molar-refractivity contribution in [3.8, 4) is 5.88 Å². The summed E-state index contributed by atoms with van der Waals surface area (Å²) in [5.41, 5.74) is 5.49. The first-order valence-electron chi connectivity index (χ1n) is 10.1. The first-order valence-corrected chi connectivity index (χ1v) is 10.1. The van der Waals surface area contributed by atoms with Crippen LogP contribution in [-0.2, 0) is 4.79 Å². The molecule has 3 N–H and O–H groups in total. The molecule has 8 nitrogen and oxygen atoms in total. The van der Waals surface area contributed by atoms with E-state index in [4.69, 9.17) is 10.5 Å². The van der Waals surface area contributed by atoms with Gasteiger partial charge in [0.15, 0.2) is 11.5 Å². The van der Waals surface area contributed by atoms with Gasteiger partial charge in [-0.2, -0.15) is 0 Å². The standard InChI is InChI=1S/C19H25F2N5O3/c20-19(21)9-26(10-19)16-18(29-8-11-5-6-11)25-14(7-23-16)17(28)24-13-4-2-1-3-12(13)15(22)27/h7,11-13H,1-6,8-10H2,(H2,22,27)(H,24,28)/t12-,13+/m1/s1. The number of hydrogen-bond acceptors (Lipinski definition) is 6. The fourth-order valence-electron chi connectivity index (χ4n) is 3.82. The summed E-state index contributed by atoms with van der Waals surface area (Å²) in [4.78, 5) is 34.2. The number of hydrogen-bond donors (Lipinski definition) is 2. The van der Waals surface area contributed by atoms with Crippen LogP contribution in [0.1, 0.15) is 49.0 Å². The van der Waals surface area contributed by atoms with Crippen molar-refractivity contribution in [2.75, 3.05) is 24.6 Å².